The molecule has 1 aromatic heterocycles. The van der Waals surface area contributed by atoms with Gasteiger partial charge in [-0.25, -0.2) is 4.98 Å². The number of carbonyl (C=O) groups excluding carboxylic acids is 1. The minimum atomic E-state index is -0.0996. The van der Waals surface area contributed by atoms with E-state index in [9.17, 15) is 4.79 Å². The lowest BCUT2D eigenvalue weighted by Crippen LogP contribution is -3.00. The van der Waals surface area contributed by atoms with Crippen LogP contribution in [0.3, 0.4) is 0 Å². The highest BCUT2D eigenvalue weighted by Crippen LogP contribution is 2.20. The number of aromatic nitrogens is 2. The van der Waals surface area contributed by atoms with Crippen LogP contribution in [0.1, 0.15) is 41.0 Å². The lowest BCUT2D eigenvalue weighted by Gasteiger charge is -2.25. The highest BCUT2D eigenvalue weighted by Gasteiger charge is 2.13. The zero-order valence-electron chi connectivity index (χ0n) is 15.5. The second-order valence-electron chi connectivity index (χ2n) is 7.07. The number of hydrogen-bond acceptors (Lipinski definition) is 3. The van der Waals surface area contributed by atoms with Crippen molar-refractivity contribution < 1.29 is 28.8 Å². The fraction of sp³-hybridized carbons (Fsp3) is 0.333. The molecule has 5 nitrogen and oxygen atoms in total. The van der Waals surface area contributed by atoms with E-state index in [2.05, 4.69) is 20.2 Å². The molecule has 1 amide bonds. The fourth-order valence-electron chi connectivity index (χ4n) is 3.45. The molecule has 2 aromatic carbocycles. The average Bonchev–Trinajstić information content (AvgIpc) is 3.04. The number of rotatable bonds is 4. The number of hydrogen-bond donors (Lipinski definition) is 2. The second kappa shape index (κ2) is 8.84. The second-order valence-corrected chi connectivity index (χ2v) is 7.07. The maximum Gasteiger partial charge on any atom is 0.255 e. The van der Waals surface area contributed by atoms with Crippen LogP contribution in [0.25, 0.3) is 11.0 Å². The summed E-state index contributed by atoms with van der Waals surface area (Å²) in [6.07, 6.45) is 3.88. The van der Waals surface area contributed by atoms with Gasteiger partial charge in [-0.05, 0) is 63.2 Å². The molecule has 4 rings (SSSR count). The first kappa shape index (κ1) is 19.8. The summed E-state index contributed by atoms with van der Waals surface area (Å²) in [6, 6.07) is 13.4. The molecule has 1 aliphatic heterocycles. The van der Waals surface area contributed by atoms with Crippen molar-refractivity contribution in [2.45, 2.75) is 32.7 Å². The molecule has 0 radical (unpaired) electrons. The van der Waals surface area contributed by atoms with Gasteiger partial charge < -0.3 is 34.3 Å². The molecule has 6 heteroatoms. The standard InChI is InChI=1S/C21H24N4O.HI/c1-15-5-7-16(8-6-15)21(26)22-17-9-10-18-19(13-17)24-20(23-18)14-25-11-3-2-4-12-25;/h5-10,13H,2-4,11-12,14H2,1H3,(H,22,26)(H,23,24);1H/p-1. The van der Waals surface area contributed by atoms with Gasteiger partial charge in [-0.1, -0.05) is 24.1 Å². The Balaban J connectivity index is 0.00000210. The monoisotopic (exact) mass is 475 g/mol. The van der Waals surface area contributed by atoms with Gasteiger partial charge in [-0.3, -0.25) is 9.69 Å². The smallest absolute Gasteiger partial charge is 0.255 e. The van der Waals surface area contributed by atoms with Gasteiger partial charge in [-0.2, -0.15) is 0 Å². The van der Waals surface area contributed by atoms with Gasteiger partial charge in [-0.15, -0.1) is 0 Å². The van der Waals surface area contributed by atoms with E-state index < -0.39 is 0 Å². The number of aromatic amines is 1. The van der Waals surface area contributed by atoms with Gasteiger partial charge in [0.2, 0.25) is 0 Å². The Morgan fingerprint density at radius 3 is 2.59 bits per heavy atom. The van der Waals surface area contributed by atoms with Crippen LogP contribution in [-0.4, -0.2) is 33.9 Å². The highest BCUT2D eigenvalue weighted by molar-refractivity contribution is 6.04. The van der Waals surface area contributed by atoms with Crippen LogP contribution in [0.5, 0.6) is 0 Å². The van der Waals surface area contributed by atoms with Crippen LogP contribution < -0.4 is 29.3 Å². The summed E-state index contributed by atoms with van der Waals surface area (Å²) in [7, 11) is 0. The molecule has 27 heavy (non-hydrogen) atoms. The molecule has 0 aliphatic carbocycles. The van der Waals surface area contributed by atoms with Gasteiger partial charge in [0.05, 0.1) is 17.6 Å². The zero-order valence-corrected chi connectivity index (χ0v) is 17.6. The molecule has 0 bridgehead atoms. The number of aryl methyl sites for hydroxylation is 1. The summed E-state index contributed by atoms with van der Waals surface area (Å²) in [5.41, 5.74) is 4.47. The van der Waals surface area contributed by atoms with E-state index in [0.29, 0.717) is 5.56 Å². The first-order valence-electron chi connectivity index (χ1n) is 9.26. The predicted molar refractivity (Wildman–Crippen MR) is 104 cm³/mol. The van der Waals surface area contributed by atoms with Gasteiger partial charge >= 0.3 is 0 Å². The van der Waals surface area contributed by atoms with Crippen LogP contribution in [0.4, 0.5) is 5.69 Å². The van der Waals surface area contributed by atoms with E-state index in [0.717, 1.165) is 47.7 Å². The van der Waals surface area contributed by atoms with Crippen molar-refractivity contribution in [3.05, 3.63) is 59.4 Å². The minimum absolute atomic E-state index is 0. The largest absolute Gasteiger partial charge is 1.00 e. The molecule has 1 aliphatic rings. The number of imidazole rings is 1. The molecular formula is C21H24IN4O-. The third kappa shape index (κ3) is 4.87. The van der Waals surface area contributed by atoms with Crippen molar-refractivity contribution in [2.24, 2.45) is 0 Å². The Kier molecular flexibility index (Phi) is 6.49. The first-order chi connectivity index (χ1) is 12.7. The molecule has 0 spiro atoms. The third-order valence-electron chi connectivity index (χ3n) is 4.92. The van der Waals surface area contributed by atoms with Crippen LogP contribution in [0.2, 0.25) is 0 Å². The van der Waals surface area contributed by atoms with Crippen molar-refractivity contribution in [3.8, 4) is 0 Å². The average molecular weight is 475 g/mol. The number of benzene rings is 2. The number of amides is 1. The molecule has 142 valence electrons. The van der Waals surface area contributed by atoms with Gasteiger partial charge in [0.15, 0.2) is 0 Å². The lowest BCUT2D eigenvalue weighted by atomic mass is 10.1. The van der Waals surface area contributed by atoms with E-state index in [1.807, 2.05) is 49.4 Å². The predicted octanol–water partition coefficient (Wildman–Crippen LogP) is 1.11. The summed E-state index contributed by atoms with van der Waals surface area (Å²) in [5, 5.41) is 2.96. The zero-order chi connectivity index (χ0) is 17.9. The van der Waals surface area contributed by atoms with Crippen LogP contribution in [-0.2, 0) is 6.54 Å². The maximum atomic E-state index is 12.4. The van der Waals surface area contributed by atoms with E-state index in [-0.39, 0.29) is 29.9 Å². The third-order valence-corrected chi connectivity index (χ3v) is 4.92. The topological polar surface area (TPSA) is 61.0 Å². The Bertz CT molecular complexity index is 914. The van der Waals surface area contributed by atoms with Gasteiger partial charge in [0.1, 0.15) is 5.82 Å². The normalized spacial score (nSPS) is 14.7. The van der Waals surface area contributed by atoms with E-state index in [4.69, 9.17) is 0 Å². The number of nitrogens with zero attached hydrogens (tertiary/aromatic N) is 2. The number of H-pyrrole nitrogens is 1. The molecule has 0 unspecified atom stereocenters. The molecule has 0 atom stereocenters. The number of carbonyl (C=O) groups is 1. The minimum Gasteiger partial charge on any atom is -1.00 e. The fourth-order valence-corrected chi connectivity index (χ4v) is 3.45. The maximum absolute atomic E-state index is 12.4. The van der Waals surface area contributed by atoms with E-state index in [1.165, 1.54) is 19.3 Å². The summed E-state index contributed by atoms with van der Waals surface area (Å²) >= 11 is 0. The van der Waals surface area contributed by atoms with Crippen molar-refractivity contribution >= 4 is 22.6 Å². The number of piperidine rings is 1. The number of anilines is 1. The molecular weight excluding hydrogens is 451 g/mol. The van der Waals surface area contributed by atoms with Crippen molar-refractivity contribution in [2.75, 3.05) is 18.4 Å². The Morgan fingerprint density at radius 1 is 1.11 bits per heavy atom. The number of nitrogens with one attached hydrogen (secondary N) is 2. The Hall–Kier alpha value is -1.93. The Labute approximate surface area is 176 Å². The molecule has 2 heterocycles. The number of halogens is 1. The summed E-state index contributed by atoms with van der Waals surface area (Å²) in [4.78, 5) is 22.9. The van der Waals surface area contributed by atoms with E-state index in [1.54, 1.807) is 0 Å². The quantitative estimate of drug-likeness (QED) is 0.557. The van der Waals surface area contributed by atoms with Crippen LogP contribution in [0.15, 0.2) is 42.5 Å². The van der Waals surface area contributed by atoms with Crippen molar-refractivity contribution in [1.29, 1.82) is 0 Å². The van der Waals surface area contributed by atoms with Crippen LogP contribution in [0, 0.1) is 6.92 Å². The molecule has 0 saturated carbocycles. The number of likely N-dealkylation sites (tertiary alicyclic amines) is 1. The highest BCUT2D eigenvalue weighted by atomic mass is 127. The molecule has 1 fully saturated rings. The summed E-state index contributed by atoms with van der Waals surface area (Å²) in [5.74, 6) is 0.890. The van der Waals surface area contributed by atoms with Crippen LogP contribution >= 0.6 is 0 Å². The lowest BCUT2D eigenvalue weighted by molar-refractivity contribution is -0.0000131. The summed E-state index contributed by atoms with van der Waals surface area (Å²) < 4.78 is 0. The van der Waals surface area contributed by atoms with Crippen molar-refractivity contribution in [1.82, 2.24) is 14.9 Å². The molecule has 1 saturated heterocycles. The number of fused-ring (bicyclic) bond motifs is 1. The molecule has 3 aromatic rings. The van der Waals surface area contributed by atoms with Gasteiger partial charge in [0.25, 0.3) is 5.91 Å². The summed E-state index contributed by atoms with van der Waals surface area (Å²) in [6.45, 7) is 5.17. The van der Waals surface area contributed by atoms with Crippen molar-refractivity contribution in [3.63, 3.8) is 0 Å². The Morgan fingerprint density at radius 2 is 1.85 bits per heavy atom. The van der Waals surface area contributed by atoms with E-state index >= 15 is 0 Å². The molecule has 2 N–H and O–H groups in total. The SMILES string of the molecule is Cc1ccc(C(=O)Nc2ccc3nc(CN4CCCCC4)[nH]c3c2)cc1.[I-]. The first-order valence-corrected chi connectivity index (χ1v) is 9.26. The van der Waals surface area contributed by atoms with Gasteiger partial charge in [0, 0.05) is 11.3 Å².